The average Bonchev–Trinajstić information content (AvgIpc) is 2.71. The fraction of sp³-hybridized carbons (Fsp3) is 0.500. The van der Waals surface area contributed by atoms with E-state index < -0.39 is 11.9 Å². The molecule has 0 aromatic carbocycles. The van der Waals surface area contributed by atoms with Crippen molar-refractivity contribution >= 4 is 33.5 Å². The van der Waals surface area contributed by atoms with Gasteiger partial charge in [0, 0.05) is 6.54 Å². The van der Waals surface area contributed by atoms with Crippen molar-refractivity contribution in [3.8, 4) is 0 Å². The number of nitrogens with one attached hydrogen (secondary N) is 1. The Bertz CT molecular complexity index is 596. The first-order chi connectivity index (χ1) is 9.00. The quantitative estimate of drug-likeness (QED) is 0.872. The van der Waals surface area contributed by atoms with Gasteiger partial charge >= 0.3 is 5.97 Å². The molecule has 0 fully saturated rings. The van der Waals surface area contributed by atoms with Crippen LogP contribution in [0.3, 0.4) is 0 Å². The van der Waals surface area contributed by atoms with Crippen LogP contribution in [0.5, 0.6) is 0 Å². The SMILES string of the molecule is Cc1nsc2ncnc(NCC(C(=O)O)C(C)C)c12. The van der Waals surface area contributed by atoms with E-state index in [0.717, 1.165) is 15.9 Å². The first-order valence-electron chi connectivity index (χ1n) is 6.04. The second-order valence-electron chi connectivity index (χ2n) is 4.74. The van der Waals surface area contributed by atoms with Crippen molar-refractivity contribution in [2.45, 2.75) is 20.8 Å². The van der Waals surface area contributed by atoms with Crippen LogP contribution in [0.1, 0.15) is 19.5 Å². The molecule has 102 valence electrons. The number of aryl methyl sites for hydroxylation is 1. The lowest BCUT2D eigenvalue weighted by atomic mass is 9.96. The molecule has 0 saturated carbocycles. The summed E-state index contributed by atoms with van der Waals surface area (Å²) in [5, 5.41) is 13.2. The van der Waals surface area contributed by atoms with Crippen molar-refractivity contribution in [3.05, 3.63) is 12.0 Å². The van der Waals surface area contributed by atoms with Crippen molar-refractivity contribution in [3.63, 3.8) is 0 Å². The largest absolute Gasteiger partial charge is 0.481 e. The van der Waals surface area contributed by atoms with E-state index in [1.807, 2.05) is 20.8 Å². The van der Waals surface area contributed by atoms with E-state index in [2.05, 4.69) is 19.7 Å². The van der Waals surface area contributed by atoms with Gasteiger partial charge in [0.15, 0.2) is 0 Å². The van der Waals surface area contributed by atoms with Crippen LogP contribution in [-0.4, -0.2) is 32.0 Å². The van der Waals surface area contributed by atoms with Gasteiger partial charge < -0.3 is 10.4 Å². The molecule has 1 atom stereocenters. The molecule has 6 nitrogen and oxygen atoms in total. The van der Waals surface area contributed by atoms with Crippen LogP contribution in [0.25, 0.3) is 10.2 Å². The summed E-state index contributed by atoms with van der Waals surface area (Å²) in [4.78, 5) is 20.3. The Balaban J connectivity index is 2.22. The lowest BCUT2D eigenvalue weighted by Gasteiger charge is -2.17. The highest BCUT2D eigenvalue weighted by Crippen LogP contribution is 2.26. The molecular weight excluding hydrogens is 264 g/mol. The van der Waals surface area contributed by atoms with Gasteiger partial charge in [-0.05, 0) is 24.4 Å². The number of aliphatic carboxylic acids is 1. The fourth-order valence-electron chi connectivity index (χ4n) is 1.87. The lowest BCUT2D eigenvalue weighted by Crippen LogP contribution is -2.27. The molecule has 2 N–H and O–H groups in total. The first-order valence-corrected chi connectivity index (χ1v) is 6.81. The molecule has 0 aliphatic rings. The summed E-state index contributed by atoms with van der Waals surface area (Å²) in [6, 6.07) is 0. The van der Waals surface area contributed by atoms with Crippen molar-refractivity contribution in [1.29, 1.82) is 0 Å². The minimum atomic E-state index is -0.798. The van der Waals surface area contributed by atoms with Crippen LogP contribution in [0.15, 0.2) is 6.33 Å². The summed E-state index contributed by atoms with van der Waals surface area (Å²) in [7, 11) is 0. The predicted octanol–water partition coefficient (Wildman–Crippen LogP) is 2.16. The van der Waals surface area contributed by atoms with Crippen LogP contribution in [-0.2, 0) is 4.79 Å². The number of carbonyl (C=O) groups is 1. The van der Waals surface area contributed by atoms with E-state index in [-0.39, 0.29) is 5.92 Å². The second-order valence-corrected chi connectivity index (χ2v) is 5.49. The predicted molar refractivity (Wildman–Crippen MR) is 74.4 cm³/mol. The van der Waals surface area contributed by atoms with E-state index >= 15 is 0 Å². The Labute approximate surface area is 115 Å². The zero-order valence-electron chi connectivity index (χ0n) is 11.0. The second kappa shape index (κ2) is 5.48. The molecule has 0 aliphatic heterocycles. The Morgan fingerprint density at radius 2 is 2.21 bits per heavy atom. The van der Waals surface area contributed by atoms with Crippen LogP contribution >= 0.6 is 11.5 Å². The van der Waals surface area contributed by atoms with E-state index in [0.29, 0.717) is 12.4 Å². The van der Waals surface area contributed by atoms with Crippen LogP contribution in [0, 0.1) is 18.8 Å². The zero-order valence-corrected chi connectivity index (χ0v) is 11.9. The summed E-state index contributed by atoms with van der Waals surface area (Å²) in [5.41, 5.74) is 0.861. The molecular formula is C12H16N4O2S. The molecule has 19 heavy (non-hydrogen) atoms. The Morgan fingerprint density at radius 1 is 1.47 bits per heavy atom. The highest BCUT2D eigenvalue weighted by atomic mass is 32.1. The van der Waals surface area contributed by atoms with E-state index in [1.165, 1.54) is 17.9 Å². The molecule has 0 spiro atoms. The molecule has 0 radical (unpaired) electrons. The number of carboxylic acid groups (broad SMARTS) is 1. The number of carboxylic acids is 1. The number of aromatic nitrogens is 3. The Hall–Kier alpha value is -1.76. The summed E-state index contributed by atoms with van der Waals surface area (Å²) >= 11 is 1.32. The molecule has 2 heterocycles. The van der Waals surface area contributed by atoms with Crippen LogP contribution < -0.4 is 5.32 Å². The van der Waals surface area contributed by atoms with Gasteiger partial charge in [-0.15, -0.1) is 0 Å². The third kappa shape index (κ3) is 2.81. The highest BCUT2D eigenvalue weighted by molar-refractivity contribution is 7.13. The highest BCUT2D eigenvalue weighted by Gasteiger charge is 2.22. The molecule has 2 aromatic heterocycles. The molecule has 1 unspecified atom stereocenters. The third-order valence-electron chi connectivity index (χ3n) is 3.05. The number of anilines is 1. The summed E-state index contributed by atoms with van der Waals surface area (Å²) in [6.07, 6.45) is 1.47. The maximum Gasteiger partial charge on any atom is 0.308 e. The third-order valence-corrected chi connectivity index (χ3v) is 3.90. The zero-order chi connectivity index (χ0) is 14.0. The van der Waals surface area contributed by atoms with E-state index in [9.17, 15) is 4.79 Å². The molecule has 0 bridgehead atoms. The topological polar surface area (TPSA) is 88.0 Å². The molecule has 2 aromatic rings. The van der Waals surface area contributed by atoms with Gasteiger partial charge in [0.25, 0.3) is 0 Å². The maximum absolute atomic E-state index is 11.2. The molecule has 7 heteroatoms. The van der Waals surface area contributed by atoms with Crippen molar-refractivity contribution in [1.82, 2.24) is 14.3 Å². The molecule has 0 amide bonds. The first kappa shape index (κ1) is 13.7. The summed E-state index contributed by atoms with van der Waals surface area (Å²) in [6.45, 7) is 6.03. The number of hydrogen-bond acceptors (Lipinski definition) is 6. The van der Waals surface area contributed by atoms with E-state index in [1.54, 1.807) is 0 Å². The van der Waals surface area contributed by atoms with Gasteiger partial charge in [-0.25, -0.2) is 9.97 Å². The van der Waals surface area contributed by atoms with Gasteiger partial charge in [-0.2, -0.15) is 4.37 Å². The minimum Gasteiger partial charge on any atom is -0.481 e. The average molecular weight is 280 g/mol. The number of rotatable bonds is 5. The lowest BCUT2D eigenvalue weighted by molar-refractivity contribution is -0.142. The molecule has 0 aliphatic carbocycles. The van der Waals surface area contributed by atoms with Gasteiger partial charge in [0.1, 0.15) is 17.0 Å². The van der Waals surface area contributed by atoms with E-state index in [4.69, 9.17) is 5.11 Å². The van der Waals surface area contributed by atoms with Gasteiger partial charge in [0.2, 0.25) is 0 Å². The number of fused-ring (bicyclic) bond motifs is 1. The summed E-state index contributed by atoms with van der Waals surface area (Å²) < 4.78 is 4.24. The maximum atomic E-state index is 11.2. The Morgan fingerprint density at radius 3 is 2.84 bits per heavy atom. The molecule has 2 rings (SSSR count). The van der Waals surface area contributed by atoms with Crippen molar-refractivity contribution in [2.75, 3.05) is 11.9 Å². The minimum absolute atomic E-state index is 0.0593. The standard InChI is InChI=1S/C12H16N4O2S/c1-6(2)8(12(17)18)4-13-10-9-7(3)16-19-11(9)15-5-14-10/h5-6,8H,4H2,1-3H3,(H,17,18)(H,13,14,15). The van der Waals surface area contributed by atoms with Crippen molar-refractivity contribution < 1.29 is 9.90 Å². The van der Waals surface area contributed by atoms with Gasteiger partial charge in [-0.1, -0.05) is 13.8 Å². The normalized spacial score (nSPS) is 12.8. The molecule has 0 saturated heterocycles. The number of hydrogen-bond donors (Lipinski definition) is 2. The van der Waals surface area contributed by atoms with Crippen LogP contribution in [0.2, 0.25) is 0 Å². The fourth-order valence-corrected chi connectivity index (χ4v) is 2.62. The van der Waals surface area contributed by atoms with Gasteiger partial charge in [-0.3, -0.25) is 4.79 Å². The number of nitrogens with zero attached hydrogens (tertiary/aromatic N) is 3. The summed E-state index contributed by atoms with van der Waals surface area (Å²) in [5.74, 6) is -0.531. The van der Waals surface area contributed by atoms with Crippen molar-refractivity contribution in [2.24, 2.45) is 11.8 Å². The monoisotopic (exact) mass is 280 g/mol. The Kier molecular flexibility index (Phi) is 3.94. The van der Waals surface area contributed by atoms with Crippen LogP contribution in [0.4, 0.5) is 5.82 Å². The van der Waals surface area contributed by atoms with Gasteiger partial charge in [0.05, 0.1) is 17.0 Å². The smallest absolute Gasteiger partial charge is 0.308 e.